The molecule has 2 N–H and O–H groups in total. The fourth-order valence-corrected chi connectivity index (χ4v) is 13.2. The Labute approximate surface area is 613 Å². The van der Waals surface area contributed by atoms with Gasteiger partial charge in [0.15, 0.2) is 0 Å². The van der Waals surface area contributed by atoms with Crippen LogP contribution in [0.1, 0.15) is 118 Å². The number of hydrogen-bond donors (Lipinski definition) is 2. The Morgan fingerprint density at radius 3 is 0.926 bits per heavy atom. The molecule has 0 fully saturated rings. The van der Waals surface area contributed by atoms with E-state index in [2.05, 4.69) is 23.8 Å². The second-order valence-corrected chi connectivity index (χ2v) is 27.4. The largest absolute Gasteiger partial charge is 0.457 e. The van der Waals surface area contributed by atoms with Crippen LogP contribution in [0.2, 0.25) is 0 Å². The average molecular weight is 1470 g/mol. The number of imide groups is 2. The van der Waals surface area contributed by atoms with Crippen molar-refractivity contribution in [3.8, 4) is 57.5 Å². The maximum Gasteiger partial charge on any atom is 0.416 e. The van der Waals surface area contributed by atoms with E-state index in [4.69, 9.17) is 28.4 Å². The van der Waals surface area contributed by atoms with E-state index in [0.717, 1.165) is 69.5 Å². The van der Waals surface area contributed by atoms with Crippen LogP contribution < -0.4 is 39.1 Å². The van der Waals surface area contributed by atoms with Gasteiger partial charge in [-0.3, -0.25) is 38.6 Å². The molecule has 11 aromatic rings. The van der Waals surface area contributed by atoms with Gasteiger partial charge in [-0.05, 0) is 174 Å². The highest BCUT2D eigenvalue weighted by atomic mass is 19.4. The summed E-state index contributed by atoms with van der Waals surface area (Å²) in [7, 11) is 0. The Bertz CT molecular complexity index is 5250. The van der Waals surface area contributed by atoms with Crippen LogP contribution in [0.15, 0.2) is 194 Å². The zero-order valence-corrected chi connectivity index (χ0v) is 59.2. The van der Waals surface area contributed by atoms with Gasteiger partial charge in [-0.25, -0.2) is 9.59 Å². The second kappa shape index (κ2) is 28.5. The van der Waals surface area contributed by atoms with Crippen LogP contribution in [0, 0.1) is 25.7 Å². The molecule has 2 heterocycles. The summed E-state index contributed by atoms with van der Waals surface area (Å²) < 4.78 is 125. The average Bonchev–Trinajstić information content (AvgIpc) is 0.670. The lowest BCUT2D eigenvalue weighted by molar-refractivity contribution is -0.138. The van der Waals surface area contributed by atoms with Crippen molar-refractivity contribution < 1.29 is 93.1 Å². The maximum absolute atomic E-state index is 16.3. The van der Waals surface area contributed by atoms with Gasteiger partial charge in [0.1, 0.15) is 69.6 Å². The molecular formula is C84H66F6N4O14. The Morgan fingerprint density at radius 1 is 0.389 bits per heavy atom. The number of fused-ring (bicyclic) bond motifs is 2. The predicted octanol–water partition coefficient (Wildman–Crippen LogP) is 19.8. The zero-order valence-electron chi connectivity index (χ0n) is 59.2. The van der Waals surface area contributed by atoms with Crippen molar-refractivity contribution >= 4 is 102 Å². The van der Waals surface area contributed by atoms with Gasteiger partial charge in [0.05, 0.1) is 33.4 Å². The minimum absolute atomic E-state index is 0.0180. The van der Waals surface area contributed by atoms with Crippen molar-refractivity contribution in [3.63, 3.8) is 0 Å². The van der Waals surface area contributed by atoms with Crippen LogP contribution in [0.4, 0.5) is 37.7 Å². The van der Waals surface area contributed by atoms with Crippen LogP contribution in [0.25, 0.3) is 43.1 Å². The smallest absolute Gasteiger partial charge is 0.416 e. The number of rotatable bonds is 22. The van der Waals surface area contributed by atoms with Gasteiger partial charge in [0.2, 0.25) is 11.8 Å². The molecule has 0 aromatic heterocycles. The molecule has 0 bridgehead atoms. The highest BCUT2D eigenvalue weighted by Crippen LogP contribution is 2.58. The fourth-order valence-electron chi connectivity index (χ4n) is 13.2. The summed E-state index contributed by atoms with van der Waals surface area (Å²) in [6, 6.07) is 33.9. The number of aryl methyl sites for hydroxylation is 2. The van der Waals surface area contributed by atoms with Gasteiger partial charge in [-0.15, -0.1) is 0 Å². The van der Waals surface area contributed by atoms with Gasteiger partial charge in [-0.2, -0.15) is 26.3 Å². The molecule has 13 rings (SSSR count). The van der Waals surface area contributed by atoms with Gasteiger partial charge in [0, 0.05) is 77.7 Å². The van der Waals surface area contributed by atoms with E-state index >= 15 is 28.8 Å². The van der Waals surface area contributed by atoms with E-state index in [9.17, 15) is 35.9 Å². The summed E-state index contributed by atoms with van der Waals surface area (Å²) in [5, 5.41) is 4.82. The van der Waals surface area contributed by atoms with E-state index in [1.807, 2.05) is 13.8 Å². The Kier molecular flexibility index (Phi) is 19.4. The Morgan fingerprint density at radius 2 is 0.667 bits per heavy atom. The topological polar surface area (TPSA) is 222 Å². The molecular weight excluding hydrogens is 1400 g/mol. The van der Waals surface area contributed by atoms with Crippen LogP contribution in [0.5, 0.6) is 57.5 Å². The van der Waals surface area contributed by atoms with Crippen molar-refractivity contribution in [2.24, 2.45) is 11.8 Å². The number of nitrogens with zero attached hydrogens (tertiary/aromatic N) is 2. The van der Waals surface area contributed by atoms with Crippen molar-refractivity contribution in [2.45, 2.75) is 92.7 Å². The number of nitrogens with one attached hydrogen (secondary N) is 2. The number of esters is 2. The molecule has 2 unspecified atom stereocenters. The van der Waals surface area contributed by atoms with Crippen LogP contribution >= 0.6 is 0 Å². The molecule has 24 heteroatoms. The molecule has 2 aliphatic heterocycles. The molecule has 108 heavy (non-hydrogen) atoms. The number of alkyl halides is 6. The molecule has 2 atom stereocenters. The summed E-state index contributed by atoms with van der Waals surface area (Å²) in [5.41, 5.74) is -1.40. The number of benzene rings is 11. The monoisotopic (exact) mass is 1470 g/mol. The molecule has 6 amide bonds. The summed E-state index contributed by atoms with van der Waals surface area (Å²) in [6.07, 6.45) is -10.0. The van der Waals surface area contributed by atoms with E-state index in [0.29, 0.717) is 0 Å². The number of carbonyl (C=O) groups excluding carboxylic acids is 8. The SMILES string of the molecule is C=C(C)C(=O)Oc1cccc(NC(=O)C(CC(C)C)N2C(=O)c3cc(Oc4ccc(C)cc4)c4c5c(Oc6ccc(C)cc6)cc6c7c(cc(Oc8ccc(C(F)(F)F)cc8)c(c8c(Oc9ccc(C(F)(F)F)cc9)cc(c3c48)C2=O)c75)C(=O)N(C(CC(C)C)C(=O)Nc2cccc(OC(=O)C(=C)C)c2)C6=O)c1. The molecule has 0 saturated carbocycles. The first-order valence-electron chi connectivity index (χ1n) is 34.1. The number of hydrogen-bond acceptors (Lipinski definition) is 14. The minimum atomic E-state index is -4.85. The maximum atomic E-state index is 16.3. The van der Waals surface area contributed by atoms with Crippen LogP contribution in [-0.4, -0.2) is 69.3 Å². The quantitative estimate of drug-likeness (QED) is 0.0123. The lowest BCUT2D eigenvalue weighted by Crippen LogP contribution is -2.52. The van der Waals surface area contributed by atoms with Crippen molar-refractivity contribution in [3.05, 3.63) is 239 Å². The zero-order chi connectivity index (χ0) is 77.3. The van der Waals surface area contributed by atoms with E-state index in [1.54, 1.807) is 76.2 Å². The highest BCUT2D eigenvalue weighted by Gasteiger charge is 2.47. The van der Waals surface area contributed by atoms with Gasteiger partial charge < -0.3 is 39.1 Å². The summed E-state index contributed by atoms with van der Waals surface area (Å²) in [5.74, 6) is -9.64. The predicted molar refractivity (Wildman–Crippen MR) is 392 cm³/mol. The van der Waals surface area contributed by atoms with Crippen molar-refractivity contribution in [2.75, 3.05) is 10.6 Å². The molecule has 2 aliphatic rings. The normalized spacial score (nSPS) is 13.5. The first-order chi connectivity index (χ1) is 51.2. The summed E-state index contributed by atoms with van der Waals surface area (Å²) in [6.45, 7) is 20.8. The summed E-state index contributed by atoms with van der Waals surface area (Å²) in [4.78, 5) is 122. The number of amides is 6. The highest BCUT2D eigenvalue weighted by molar-refractivity contribution is 6.45. The van der Waals surface area contributed by atoms with Gasteiger partial charge >= 0.3 is 24.3 Å². The van der Waals surface area contributed by atoms with Crippen LogP contribution in [0.3, 0.4) is 0 Å². The molecule has 0 saturated heterocycles. The fraction of sp³-hybridized carbons (Fsp3) is 0.190. The Hall–Kier alpha value is -12.9. The number of halogens is 6. The lowest BCUT2D eigenvalue weighted by atomic mass is 9.80. The van der Waals surface area contributed by atoms with Crippen molar-refractivity contribution in [1.29, 1.82) is 0 Å². The van der Waals surface area contributed by atoms with Crippen molar-refractivity contribution in [1.82, 2.24) is 9.80 Å². The van der Waals surface area contributed by atoms with E-state index in [-0.39, 0.29) is 158 Å². The number of anilines is 2. The minimum Gasteiger partial charge on any atom is -0.457 e. The third-order valence-corrected chi connectivity index (χ3v) is 18.2. The van der Waals surface area contributed by atoms with Gasteiger partial charge in [0.25, 0.3) is 23.6 Å². The van der Waals surface area contributed by atoms with Crippen LogP contribution in [-0.2, 0) is 31.5 Å². The standard InChI is InChI=1S/C84H66F6N4O14/c1-41(2)33-61(75(95)91-49-13-11-15-55(35-49)107-81(101)43(5)6)93-77(97)57-37-63(103-51-25-17-45(9)18-26-51)69-70-64(104-52-27-19-46(10)20-28-52)38-58-68-60(80(100)94(78(58)98)62(34-42(3)4)76(96)92-50-14-12-16-56(36-50)108-82(102)44(7)8)40-66(106-54-31-23-48(24-32-54)84(88,89)90)72(74(68)70)71-65(39-59(79(93)99)67(57)73(69)71)105-53-29-21-47(22-30-53)83(85,86)87/h11-32,35-42,61-62H,5,7,33-34H2,1-4,6,8-10H3,(H,91,95)(H,92,96). The third-order valence-electron chi connectivity index (χ3n) is 18.2. The molecule has 0 aliphatic carbocycles. The first-order valence-corrected chi connectivity index (χ1v) is 34.1. The molecule has 18 nitrogen and oxygen atoms in total. The molecule has 548 valence electrons. The molecule has 0 spiro atoms. The molecule has 0 radical (unpaired) electrons. The third kappa shape index (κ3) is 14.3. The molecule has 11 aromatic carbocycles. The number of carbonyl (C=O) groups is 8. The first kappa shape index (κ1) is 73.5. The van der Waals surface area contributed by atoms with E-state index in [1.165, 1.54) is 86.6 Å². The number of ether oxygens (including phenoxy) is 6. The van der Waals surface area contributed by atoms with Gasteiger partial charge in [-0.1, -0.05) is 88.4 Å². The Balaban J connectivity index is 1.14. The second-order valence-electron chi connectivity index (χ2n) is 27.4. The van der Waals surface area contributed by atoms with E-state index < -0.39 is 94.8 Å². The summed E-state index contributed by atoms with van der Waals surface area (Å²) >= 11 is 0. The lowest BCUT2D eigenvalue weighted by Gasteiger charge is -2.36.